The standard InChI is InChI=1S/C22H27NO2/c1-13(2)11-23-20(25)19-18-14(3)6-5-7-15(18)16-8-9-21(4)12-22(16,19)10-17(21)24/h5-8,13,19H,9-12H2,1-4H3,(H,23,25)/t19-,21+,22-/m1/s1. The van der Waals surface area contributed by atoms with Crippen LogP contribution in [-0.2, 0) is 9.59 Å². The summed E-state index contributed by atoms with van der Waals surface area (Å²) >= 11 is 0. The van der Waals surface area contributed by atoms with E-state index in [1.165, 1.54) is 11.1 Å². The van der Waals surface area contributed by atoms with Gasteiger partial charge in [-0.1, -0.05) is 45.0 Å². The zero-order valence-corrected chi connectivity index (χ0v) is 15.6. The van der Waals surface area contributed by atoms with Gasteiger partial charge in [-0.3, -0.25) is 9.59 Å². The first kappa shape index (κ1) is 16.6. The Morgan fingerprint density at radius 3 is 2.84 bits per heavy atom. The summed E-state index contributed by atoms with van der Waals surface area (Å²) in [5.74, 6) is 0.591. The lowest BCUT2D eigenvalue weighted by molar-refractivity contribution is -0.125. The minimum absolute atomic E-state index is 0.0894. The number of allylic oxidation sites excluding steroid dienone is 2. The van der Waals surface area contributed by atoms with Crippen molar-refractivity contribution in [2.24, 2.45) is 16.7 Å². The molecular formula is C22H27NO2. The number of amides is 1. The average Bonchev–Trinajstić information content (AvgIpc) is 2.93. The lowest BCUT2D eigenvalue weighted by atomic mass is 9.65. The number of fused-ring (bicyclic) bond motifs is 3. The maximum Gasteiger partial charge on any atom is 0.228 e. The number of hydrogen-bond acceptors (Lipinski definition) is 2. The zero-order valence-electron chi connectivity index (χ0n) is 15.6. The summed E-state index contributed by atoms with van der Waals surface area (Å²) in [6.07, 6.45) is 4.36. The Labute approximate surface area is 149 Å². The van der Waals surface area contributed by atoms with E-state index in [-0.39, 0.29) is 22.7 Å². The Morgan fingerprint density at radius 2 is 2.12 bits per heavy atom. The van der Waals surface area contributed by atoms with E-state index < -0.39 is 0 Å². The van der Waals surface area contributed by atoms with Gasteiger partial charge in [-0.15, -0.1) is 0 Å². The number of Topliss-reactive ketones (excluding diaryl/α,β-unsaturated/α-hetero) is 1. The van der Waals surface area contributed by atoms with Crippen LogP contribution >= 0.6 is 0 Å². The summed E-state index contributed by atoms with van der Waals surface area (Å²) in [7, 11) is 0. The molecule has 132 valence electrons. The smallest absolute Gasteiger partial charge is 0.228 e. The molecule has 1 aromatic carbocycles. The molecule has 0 heterocycles. The minimum atomic E-state index is -0.334. The van der Waals surface area contributed by atoms with Crippen molar-refractivity contribution in [2.45, 2.75) is 52.9 Å². The molecule has 0 aromatic heterocycles. The van der Waals surface area contributed by atoms with Crippen LogP contribution in [0.3, 0.4) is 0 Å². The van der Waals surface area contributed by atoms with Gasteiger partial charge in [0.15, 0.2) is 0 Å². The van der Waals surface area contributed by atoms with Crippen LogP contribution in [0.15, 0.2) is 24.3 Å². The van der Waals surface area contributed by atoms with Crippen LogP contribution in [0.2, 0.25) is 0 Å². The van der Waals surface area contributed by atoms with Gasteiger partial charge in [0.1, 0.15) is 5.78 Å². The molecule has 3 nitrogen and oxygen atoms in total. The molecule has 3 aliphatic rings. The summed E-state index contributed by atoms with van der Waals surface area (Å²) in [6, 6.07) is 6.30. The van der Waals surface area contributed by atoms with Gasteiger partial charge in [-0.05, 0) is 47.9 Å². The second kappa shape index (κ2) is 5.30. The molecule has 0 saturated heterocycles. The summed E-state index contributed by atoms with van der Waals surface area (Å²) < 4.78 is 0. The van der Waals surface area contributed by atoms with Gasteiger partial charge >= 0.3 is 0 Å². The normalized spacial score (nSPS) is 32.4. The van der Waals surface area contributed by atoms with Gasteiger partial charge in [0.05, 0.1) is 5.92 Å². The van der Waals surface area contributed by atoms with E-state index in [9.17, 15) is 9.59 Å². The molecule has 3 aliphatic carbocycles. The highest BCUT2D eigenvalue weighted by Gasteiger charge is 2.64. The molecule has 3 heteroatoms. The number of nitrogens with one attached hydrogen (secondary N) is 1. The Morgan fingerprint density at radius 1 is 1.36 bits per heavy atom. The van der Waals surface area contributed by atoms with Crippen LogP contribution in [0.4, 0.5) is 0 Å². The Balaban J connectivity index is 1.86. The number of rotatable bonds is 3. The van der Waals surface area contributed by atoms with E-state index in [1.54, 1.807) is 0 Å². The van der Waals surface area contributed by atoms with Crippen LogP contribution in [0.5, 0.6) is 0 Å². The van der Waals surface area contributed by atoms with Crippen molar-refractivity contribution in [3.05, 3.63) is 41.0 Å². The fourth-order valence-corrected chi connectivity index (χ4v) is 5.37. The molecule has 25 heavy (non-hydrogen) atoms. The summed E-state index contributed by atoms with van der Waals surface area (Å²) in [6.45, 7) is 9.06. The van der Waals surface area contributed by atoms with E-state index in [0.717, 1.165) is 24.0 Å². The average molecular weight is 337 g/mol. The van der Waals surface area contributed by atoms with Crippen LogP contribution in [0.25, 0.3) is 5.57 Å². The SMILES string of the molecule is Cc1cccc2c1[C@H](C(=O)NCC(C)C)[C@@]13CC(=O)[C@@](C)(CC=C21)C3. The molecule has 1 saturated carbocycles. The van der Waals surface area contributed by atoms with Crippen molar-refractivity contribution in [3.63, 3.8) is 0 Å². The number of hydrogen-bond donors (Lipinski definition) is 1. The highest BCUT2D eigenvalue weighted by molar-refractivity contribution is 6.02. The second-order valence-corrected chi connectivity index (χ2v) is 8.92. The lowest BCUT2D eigenvalue weighted by Gasteiger charge is -2.37. The Hall–Kier alpha value is -1.90. The second-order valence-electron chi connectivity index (χ2n) is 8.92. The molecule has 2 bridgehead atoms. The van der Waals surface area contributed by atoms with Crippen molar-refractivity contribution in [2.75, 3.05) is 6.54 Å². The largest absolute Gasteiger partial charge is 0.355 e. The molecule has 0 aliphatic heterocycles. The van der Waals surface area contributed by atoms with E-state index in [0.29, 0.717) is 24.7 Å². The molecule has 1 N–H and O–H groups in total. The van der Waals surface area contributed by atoms with E-state index >= 15 is 0 Å². The molecule has 4 rings (SSSR count). The summed E-state index contributed by atoms with van der Waals surface area (Å²) in [4.78, 5) is 26.1. The predicted octanol–water partition coefficient (Wildman–Crippen LogP) is 4.01. The van der Waals surface area contributed by atoms with Gasteiger partial charge in [0.25, 0.3) is 0 Å². The first-order valence-corrected chi connectivity index (χ1v) is 9.40. The summed E-state index contributed by atoms with van der Waals surface area (Å²) in [5.41, 5.74) is 4.12. The van der Waals surface area contributed by atoms with E-state index in [4.69, 9.17) is 0 Å². The topological polar surface area (TPSA) is 46.2 Å². The van der Waals surface area contributed by atoms with Crippen LogP contribution in [0, 0.1) is 23.7 Å². The molecule has 0 radical (unpaired) electrons. The van der Waals surface area contributed by atoms with Crippen molar-refractivity contribution >= 4 is 17.3 Å². The predicted molar refractivity (Wildman–Crippen MR) is 99.1 cm³/mol. The fraction of sp³-hybridized carbons (Fsp3) is 0.545. The Kier molecular flexibility index (Phi) is 3.51. The van der Waals surface area contributed by atoms with Gasteiger partial charge in [0.2, 0.25) is 5.91 Å². The van der Waals surface area contributed by atoms with Crippen molar-refractivity contribution in [3.8, 4) is 0 Å². The monoisotopic (exact) mass is 337 g/mol. The number of benzene rings is 1. The maximum absolute atomic E-state index is 13.3. The van der Waals surface area contributed by atoms with Crippen LogP contribution in [0.1, 0.15) is 62.6 Å². The fourth-order valence-electron chi connectivity index (χ4n) is 5.37. The van der Waals surface area contributed by atoms with Crippen molar-refractivity contribution < 1.29 is 9.59 Å². The van der Waals surface area contributed by atoms with Gasteiger partial charge in [0, 0.05) is 23.8 Å². The minimum Gasteiger partial charge on any atom is -0.355 e. The molecule has 1 fully saturated rings. The molecule has 1 amide bonds. The van der Waals surface area contributed by atoms with Crippen molar-refractivity contribution in [1.82, 2.24) is 5.32 Å². The van der Waals surface area contributed by atoms with Gasteiger partial charge in [-0.25, -0.2) is 0 Å². The zero-order chi connectivity index (χ0) is 18.0. The summed E-state index contributed by atoms with van der Waals surface area (Å²) in [5, 5.41) is 3.15. The van der Waals surface area contributed by atoms with Crippen LogP contribution in [-0.4, -0.2) is 18.2 Å². The van der Waals surface area contributed by atoms with Crippen molar-refractivity contribution in [1.29, 1.82) is 0 Å². The van der Waals surface area contributed by atoms with Gasteiger partial charge in [-0.2, -0.15) is 0 Å². The molecule has 1 spiro atoms. The highest BCUT2D eigenvalue weighted by atomic mass is 16.2. The van der Waals surface area contributed by atoms with E-state index in [1.807, 2.05) is 0 Å². The van der Waals surface area contributed by atoms with Crippen LogP contribution < -0.4 is 5.32 Å². The molecule has 1 aromatic rings. The third kappa shape index (κ3) is 2.17. The first-order valence-electron chi connectivity index (χ1n) is 9.40. The lowest BCUT2D eigenvalue weighted by Crippen LogP contribution is -2.39. The Bertz CT molecular complexity index is 806. The van der Waals surface area contributed by atoms with Gasteiger partial charge < -0.3 is 5.32 Å². The van der Waals surface area contributed by atoms with E-state index in [2.05, 4.69) is 57.3 Å². The first-order chi connectivity index (χ1) is 11.8. The third-order valence-electron chi connectivity index (χ3n) is 6.55. The highest BCUT2D eigenvalue weighted by Crippen LogP contribution is 2.69. The quantitative estimate of drug-likeness (QED) is 0.906. The number of carbonyl (C=O) groups is 2. The molecule has 0 unspecified atom stereocenters. The third-order valence-corrected chi connectivity index (χ3v) is 6.55. The molecule has 3 atom stereocenters. The maximum atomic E-state index is 13.3. The number of ketones is 1. The number of aryl methyl sites for hydroxylation is 1. The number of carbonyl (C=O) groups excluding carboxylic acids is 2. The molecular weight excluding hydrogens is 310 g/mol.